The second-order valence-corrected chi connectivity index (χ2v) is 10.6. The standard InChI is InChI=1S/C24H29N5O4S2/c1-3-29(27-22(30)19-12-8-5-9-13-19)15-14-20(16-18-10-6-4-7-11-18)25-23(31)21-17-34-24(26-21)28-35(2,32)33/h4-13,17,20H,3,14-16H2,1-2H3,(H,25,31)(H,26,28)(H,27,30)/t20-/m1/s1. The summed E-state index contributed by atoms with van der Waals surface area (Å²) in [4.78, 5) is 29.5. The molecule has 0 unspecified atom stereocenters. The van der Waals surface area contributed by atoms with Crippen LogP contribution in [0.1, 0.15) is 39.8 Å². The fraction of sp³-hybridized carbons (Fsp3) is 0.292. The summed E-state index contributed by atoms with van der Waals surface area (Å²) < 4.78 is 25.1. The van der Waals surface area contributed by atoms with E-state index in [2.05, 4.69) is 20.4 Å². The van der Waals surface area contributed by atoms with Crippen LogP contribution in [-0.4, -0.2) is 55.6 Å². The fourth-order valence-corrected chi connectivity index (χ4v) is 4.91. The summed E-state index contributed by atoms with van der Waals surface area (Å²) in [7, 11) is -3.48. The maximum absolute atomic E-state index is 12.9. The molecule has 186 valence electrons. The molecule has 0 saturated carbocycles. The zero-order valence-corrected chi connectivity index (χ0v) is 21.2. The summed E-state index contributed by atoms with van der Waals surface area (Å²) >= 11 is 1.04. The maximum Gasteiger partial charge on any atom is 0.271 e. The number of nitrogens with one attached hydrogen (secondary N) is 3. The van der Waals surface area contributed by atoms with Gasteiger partial charge in [0.15, 0.2) is 5.13 Å². The van der Waals surface area contributed by atoms with Gasteiger partial charge in [0.05, 0.1) is 6.26 Å². The highest BCUT2D eigenvalue weighted by Gasteiger charge is 2.19. The number of aromatic nitrogens is 1. The molecule has 1 heterocycles. The Morgan fingerprint density at radius 1 is 1.03 bits per heavy atom. The number of carbonyl (C=O) groups is 2. The van der Waals surface area contributed by atoms with E-state index in [1.54, 1.807) is 12.1 Å². The molecular formula is C24H29N5O4S2. The van der Waals surface area contributed by atoms with Crippen LogP contribution in [0.15, 0.2) is 66.0 Å². The molecule has 3 rings (SSSR count). The average molecular weight is 516 g/mol. The van der Waals surface area contributed by atoms with Crippen molar-refractivity contribution in [2.75, 3.05) is 24.1 Å². The van der Waals surface area contributed by atoms with Gasteiger partial charge < -0.3 is 5.32 Å². The van der Waals surface area contributed by atoms with Gasteiger partial charge in [0.1, 0.15) is 5.69 Å². The molecule has 0 aliphatic carbocycles. The molecule has 2 amide bonds. The normalized spacial score (nSPS) is 12.2. The van der Waals surface area contributed by atoms with E-state index in [0.717, 1.165) is 23.2 Å². The van der Waals surface area contributed by atoms with Crippen molar-refractivity contribution in [3.63, 3.8) is 0 Å². The maximum atomic E-state index is 12.9. The molecule has 0 bridgehead atoms. The Bertz CT molecular complexity index is 1220. The third-order valence-corrected chi connectivity index (χ3v) is 6.55. The number of benzene rings is 2. The number of amides is 2. The summed E-state index contributed by atoms with van der Waals surface area (Å²) in [6.45, 7) is 3.06. The first kappa shape index (κ1) is 26.3. The Kier molecular flexibility index (Phi) is 9.35. The van der Waals surface area contributed by atoms with Crippen LogP contribution in [0, 0.1) is 0 Å². The van der Waals surface area contributed by atoms with Crippen LogP contribution in [0.3, 0.4) is 0 Å². The van der Waals surface area contributed by atoms with E-state index in [-0.39, 0.29) is 28.7 Å². The number of nitrogens with zero attached hydrogens (tertiary/aromatic N) is 2. The van der Waals surface area contributed by atoms with Crippen LogP contribution >= 0.6 is 11.3 Å². The highest BCUT2D eigenvalue weighted by Crippen LogP contribution is 2.17. The van der Waals surface area contributed by atoms with Crippen molar-refractivity contribution in [3.05, 3.63) is 82.9 Å². The van der Waals surface area contributed by atoms with Gasteiger partial charge in [-0.05, 0) is 30.5 Å². The number of hydrogen-bond acceptors (Lipinski definition) is 7. The minimum Gasteiger partial charge on any atom is -0.348 e. The number of carbonyl (C=O) groups excluding carboxylic acids is 2. The predicted molar refractivity (Wildman–Crippen MR) is 138 cm³/mol. The van der Waals surface area contributed by atoms with Gasteiger partial charge in [-0.3, -0.25) is 19.7 Å². The van der Waals surface area contributed by atoms with Gasteiger partial charge in [-0.1, -0.05) is 55.5 Å². The minimum absolute atomic E-state index is 0.137. The molecule has 0 aliphatic rings. The first-order chi connectivity index (χ1) is 16.7. The van der Waals surface area contributed by atoms with E-state index < -0.39 is 10.0 Å². The second-order valence-electron chi connectivity index (χ2n) is 7.95. The number of hydrogen-bond donors (Lipinski definition) is 3. The van der Waals surface area contributed by atoms with Crippen molar-refractivity contribution in [2.24, 2.45) is 0 Å². The lowest BCUT2D eigenvalue weighted by Gasteiger charge is -2.25. The van der Waals surface area contributed by atoms with Crippen LogP contribution in [0.2, 0.25) is 0 Å². The lowest BCUT2D eigenvalue weighted by molar-refractivity contribution is 0.0781. The quantitative estimate of drug-likeness (QED) is 0.319. The van der Waals surface area contributed by atoms with E-state index >= 15 is 0 Å². The number of sulfonamides is 1. The van der Waals surface area contributed by atoms with Crippen LogP contribution in [0.4, 0.5) is 5.13 Å². The fourth-order valence-electron chi connectivity index (χ4n) is 3.37. The summed E-state index contributed by atoms with van der Waals surface area (Å²) in [5.41, 5.74) is 4.69. The SMILES string of the molecule is CCN(CC[C@H](Cc1ccccc1)NC(=O)c1csc(NS(C)(=O)=O)n1)NC(=O)c1ccccc1. The largest absolute Gasteiger partial charge is 0.348 e. The smallest absolute Gasteiger partial charge is 0.271 e. The molecule has 1 aromatic heterocycles. The minimum atomic E-state index is -3.48. The van der Waals surface area contributed by atoms with Gasteiger partial charge in [-0.25, -0.2) is 18.4 Å². The van der Waals surface area contributed by atoms with Crippen LogP contribution in [0.5, 0.6) is 0 Å². The third kappa shape index (κ3) is 8.78. The van der Waals surface area contributed by atoms with Gasteiger partial charge in [0, 0.05) is 30.1 Å². The van der Waals surface area contributed by atoms with Gasteiger partial charge in [-0.2, -0.15) is 0 Å². The Hall–Kier alpha value is -3.28. The molecule has 1 atom stereocenters. The monoisotopic (exact) mass is 515 g/mol. The molecule has 0 fully saturated rings. The summed E-state index contributed by atoms with van der Waals surface area (Å²) in [6.07, 6.45) is 2.19. The summed E-state index contributed by atoms with van der Waals surface area (Å²) in [5, 5.41) is 6.48. The van der Waals surface area contributed by atoms with E-state index in [4.69, 9.17) is 0 Å². The van der Waals surface area contributed by atoms with Crippen LogP contribution in [0.25, 0.3) is 0 Å². The predicted octanol–water partition coefficient (Wildman–Crippen LogP) is 2.91. The molecule has 9 nitrogen and oxygen atoms in total. The van der Waals surface area contributed by atoms with Crippen molar-refractivity contribution in [2.45, 2.75) is 25.8 Å². The Morgan fingerprint density at radius 2 is 1.69 bits per heavy atom. The van der Waals surface area contributed by atoms with E-state index in [1.807, 2.05) is 60.5 Å². The first-order valence-electron chi connectivity index (χ1n) is 11.1. The van der Waals surface area contributed by atoms with Crippen molar-refractivity contribution in [1.29, 1.82) is 0 Å². The summed E-state index contributed by atoms with van der Waals surface area (Å²) in [5.74, 6) is -0.579. The van der Waals surface area contributed by atoms with E-state index in [9.17, 15) is 18.0 Å². The molecule has 2 aromatic carbocycles. The molecule has 0 spiro atoms. The third-order valence-electron chi connectivity index (χ3n) is 5.09. The molecule has 3 aromatic rings. The average Bonchev–Trinajstić information content (AvgIpc) is 3.29. The van der Waals surface area contributed by atoms with Crippen molar-refractivity contribution in [1.82, 2.24) is 20.7 Å². The zero-order chi connectivity index (χ0) is 25.3. The molecule has 11 heteroatoms. The highest BCUT2D eigenvalue weighted by molar-refractivity contribution is 7.92. The molecule has 0 saturated heterocycles. The van der Waals surface area contributed by atoms with Crippen molar-refractivity contribution >= 4 is 38.3 Å². The van der Waals surface area contributed by atoms with Crippen LogP contribution < -0.4 is 15.5 Å². The Labute approximate surface area is 209 Å². The van der Waals surface area contributed by atoms with Crippen molar-refractivity contribution < 1.29 is 18.0 Å². The van der Waals surface area contributed by atoms with Gasteiger partial charge >= 0.3 is 0 Å². The summed E-state index contributed by atoms with van der Waals surface area (Å²) in [6, 6.07) is 18.5. The number of rotatable bonds is 12. The topological polar surface area (TPSA) is 120 Å². The number of thiazole rings is 1. The lowest BCUT2D eigenvalue weighted by Crippen LogP contribution is -2.45. The Morgan fingerprint density at radius 3 is 2.31 bits per heavy atom. The number of hydrazine groups is 1. The van der Waals surface area contributed by atoms with E-state index in [0.29, 0.717) is 31.5 Å². The van der Waals surface area contributed by atoms with Crippen LogP contribution in [-0.2, 0) is 16.4 Å². The molecule has 0 aliphatic heterocycles. The first-order valence-corrected chi connectivity index (χ1v) is 13.9. The van der Waals surface area contributed by atoms with Gasteiger partial charge in [-0.15, -0.1) is 11.3 Å². The highest BCUT2D eigenvalue weighted by atomic mass is 32.2. The molecule has 3 N–H and O–H groups in total. The van der Waals surface area contributed by atoms with E-state index in [1.165, 1.54) is 5.38 Å². The molecule has 0 radical (unpaired) electrons. The number of anilines is 1. The van der Waals surface area contributed by atoms with Gasteiger partial charge in [0.2, 0.25) is 10.0 Å². The lowest BCUT2D eigenvalue weighted by atomic mass is 10.0. The second kappa shape index (κ2) is 12.4. The molecule has 35 heavy (non-hydrogen) atoms. The zero-order valence-electron chi connectivity index (χ0n) is 19.6. The van der Waals surface area contributed by atoms with Gasteiger partial charge in [0.25, 0.3) is 11.8 Å². The Balaban J connectivity index is 1.66. The molecular weight excluding hydrogens is 486 g/mol. The van der Waals surface area contributed by atoms with Crippen molar-refractivity contribution in [3.8, 4) is 0 Å².